The normalized spacial score (nSPS) is 26.1. The Bertz CT molecular complexity index is 2200. The summed E-state index contributed by atoms with van der Waals surface area (Å²) in [5.41, 5.74) is 0.0167. The summed E-state index contributed by atoms with van der Waals surface area (Å²) in [6.07, 6.45) is 5.48. The van der Waals surface area contributed by atoms with E-state index in [4.69, 9.17) is 14.7 Å². The molecule has 2 fully saturated rings. The van der Waals surface area contributed by atoms with Gasteiger partial charge in [-0.05, 0) is 60.7 Å². The van der Waals surface area contributed by atoms with E-state index in [0.29, 0.717) is 42.4 Å². The van der Waals surface area contributed by atoms with Gasteiger partial charge in [-0.15, -0.1) is 22.7 Å². The number of carbonyl (C=O) groups excluding carboxylic acids is 3. The standard InChI is InChI=1S/C34H37N6O9PS3/c41-30-26-18-22(49-31-29(27-14-8-16-51-27)35-23-11-6-7-12-24(23)36-31)20-40(26)32(42)25(39-53(47,48)28-15-9-17-52-28)13-5-3-1-2-4-10-21-19-34(21,37-30)33(43)38-50(44,45)46/h4,6-12,14-17,21-22,25-26,39H,1-3,5,13,18-20H2,(H,37,41)(H3,38,43,44,45,46)/b10-4-/t21?,22-,25?,26+,34-/m1/s1. The lowest BCUT2D eigenvalue weighted by molar-refractivity contribution is -0.141. The van der Waals surface area contributed by atoms with Crippen LogP contribution >= 0.6 is 30.4 Å². The molecule has 1 saturated heterocycles. The first-order valence-electron chi connectivity index (χ1n) is 17.0. The number of sulfonamides is 1. The molecule has 7 rings (SSSR count). The van der Waals surface area contributed by atoms with Crippen LogP contribution in [0.1, 0.15) is 44.9 Å². The van der Waals surface area contributed by atoms with Gasteiger partial charge in [0.05, 0.1) is 22.5 Å². The predicted molar refractivity (Wildman–Crippen MR) is 197 cm³/mol. The van der Waals surface area contributed by atoms with E-state index in [9.17, 15) is 37.2 Å². The van der Waals surface area contributed by atoms with Gasteiger partial charge >= 0.3 is 7.75 Å². The molecule has 4 aromatic rings. The molecule has 15 nitrogen and oxygen atoms in total. The molecule has 19 heteroatoms. The number of para-hydroxylation sites is 2. The van der Waals surface area contributed by atoms with E-state index in [0.717, 1.165) is 16.2 Å². The van der Waals surface area contributed by atoms with Crippen LogP contribution in [0.15, 0.2) is 75.7 Å². The second-order valence-electron chi connectivity index (χ2n) is 13.3. The largest absolute Gasteiger partial charge is 0.471 e. The van der Waals surface area contributed by atoms with Crippen LogP contribution in [0.4, 0.5) is 0 Å². The lowest BCUT2D eigenvalue weighted by atomic mass is 10.1. The number of allylic oxidation sites excluding steroid dienone is 1. The highest BCUT2D eigenvalue weighted by molar-refractivity contribution is 7.91. The number of carbonyl (C=O) groups is 3. The van der Waals surface area contributed by atoms with E-state index in [-0.39, 0.29) is 35.9 Å². The first kappa shape index (κ1) is 37.3. The maximum Gasteiger partial charge on any atom is 0.429 e. The van der Waals surface area contributed by atoms with E-state index in [1.54, 1.807) is 28.7 Å². The van der Waals surface area contributed by atoms with Crippen LogP contribution in [0, 0.1) is 5.92 Å². The van der Waals surface area contributed by atoms with Crippen molar-refractivity contribution >= 4 is 69.2 Å². The Balaban J connectivity index is 1.24. The number of thiophene rings is 2. The van der Waals surface area contributed by atoms with E-state index in [1.807, 2.05) is 41.8 Å². The Morgan fingerprint density at radius 2 is 1.77 bits per heavy atom. The van der Waals surface area contributed by atoms with E-state index in [1.165, 1.54) is 22.3 Å². The number of rotatable bonds is 8. The number of nitrogens with one attached hydrogen (secondary N) is 3. The summed E-state index contributed by atoms with van der Waals surface area (Å²) in [7, 11) is -9.11. The Morgan fingerprint density at radius 1 is 1.02 bits per heavy atom. The number of hydrogen-bond donors (Lipinski definition) is 5. The zero-order valence-corrected chi connectivity index (χ0v) is 31.5. The molecule has 5 atom stereocenters. The fraction of sp³-hybridized carbons (Fsp3) is 0.382. The average Bonchev–Trinajstić information content (AvgIpc) is 3.64. The molecule has 0 bridgehead atoms. The molecule has 1 aliphatic carbocycles. The number of hydrogen-bond acceptors (Lipinski definition) is 11. The fourth-order valence-corrected chi connectivity index (χ4v) is 10.2. The van der Waals surface area contributed by atoms with Crippen molar-refractivity contribution in [1.29, 1.82) is 0 Å². The van der Waals surface area contributed by atoms with Crippen LogP contribution in [0.5, 0.6) is 5.88 Å². The van der Waals surface area contributed by atoms with E-state index < -0.39 is 65.1 Å². The van der Waals surface area contributed by atoms with E-state index in [2.05, 4.69) is 10.0 Å². The van der Waals surface area contributed by atoms with Gasteiger partial charge in [0.1, 0.15) is 33.6 Å². The van der Waals surface area contributed by atoms with Crippen molar-refractivity contribution in [3.63, 3.8) is 0 Å². The van der Waals surface area contributed by atoms with Crippen LogP contribution < -0.4 is 19.9 Å². The SMILES string of the molecule is O=C1N[C@]2(C(=O)NP(=O)(O)O)CC2/C=C\CCCCCC(NS(=O)(=O)c2cccs2)C(=O)N2C[C@H](Oc3nc4ccccc4nc3-c3cccs3)C[C@@H]12. The average molecular weight is 801 g/mol. The summed E-state index contributed by atoms with van der Waals surface area (Å²) in [6.45, 7) is -0.127. The van der Waals surface area contributed by atoms with E-state index >= 15 is 0 Å². The summed E-state index contributed by atoms with van der Waals surface area (Å²) in [6, 6.07) is 11.6. The smallest absolute Gasteiger partial charge is 0.429 e. The number of aromatic nitrogens is 2. The van der Waals surface area contributed by atoms with Gasteiger partial charge in [0.25, 0.3) is 15.9 Å². The summed E-state index contributed by atoms with van der Waals surface area (Å²) in [5.74, 6) is -2.80. The van der Waals surface area contributed by atoms with Crippen LogP contribution in [-0.4, -0.2) is 81.1 Å². The van der Waals surface area contributed by atoms with Crippen LogP contribution in [-0.2, 0) is 29.0 Å². The van der Waals surface area contributed by atoms with Crippen molar-refractivity contribution in [3.05, 3.63) is 71.4 Å². The first-order chi connectivity index (χ1) is 25.3. The molecular formula is C34H37N6O9PS3. The number of benzene rings is 1. The third-order valence-electron chi connectivity index (χ3n) is 9.52. The quantitative estimate of drug-likeness (QED) is 0.128. The maximum atomic E-state index is 14.5. The van der Waals surface area contributed by atoms with Crippen molar-refractivity contribution in [2.24, 2.45) is 5.92 Å². The lowest BCUT2D eigenvalue weighted by Crippen LogP contribution is -2.57. The number of fused-ring (bicyclic) bond motifs is 3. The van der Waals surface area contributed by atoms with Gasteiger partial charge < -0.3 is 24.7 Å². The highest BCUT2D eigenvalue weighted by Crippen LogP contribution is 2.47. The summed E-state index contributed by atoms with van der Waals surface area (Å²) in [4.78, 5) is 72.8. The van der Waals surface area contributed by atoms with Crippen LogP contribution in [0.25, 0.3) is 21.6 Å². The Morgan fingerprint density at radius 3 is 2.49 bits per heavy atom. The second kappa shape index (κ2) is 15.0. The van der Waals surface area contributed by atoms with Crippen molar-refractivity contribution in [2.75, 3.05) is 6.54 Å². The maximum absolute atomic E-state index is 14.5. The highest BCUT2D eigenvalue weighted by atomic mass is 32.2. The molecule has 280 valence electrons. The van der Waals surface area contributed by atoms with Gasteiger partial charge in [-0.3, -0.25) is 19.5 Å². The zero-order valence-electron chi connectivity index (χ0n) is 28.2. The van der Waals surface area contributed by atoms with Crippen molar-refractivity contribution in [1.82, 2.24) is 30.0 Å². The molecule has 0 radical (unpaired) electrons. The molecule has 3 amide bonds. The molecule has 2 unspecified atom stereocenters. The number of ether oxygens (including phenoxy) is 1. The molecule has 53 heavy (non-hydrogen) atoms. The summed E-state index contributed by atoms with van der Waals surface area (Å²) >= 11 is 2.45. The second-order valence-corrected chi connectivity index (χ2v) is 18.4. The first-order valence-corrected chi connectivity index (χ1v) is 21.9. The van der Waals surface area contributed by atoms with Gasteiger partial charge in [0.2, 0.25) is 17.7 Å². The number of nitrogens with zero attached hydrogens (tertiary/aromatic N) is 3. The zero-order chi connectivity index (χ0) is 37.4. The lowest BCUT2D eigenvalue weighted by Gasteiger charge is -2.29. The molecule has 3 aromatic heterocycles. The molecule has 3 aliphatic rings. The summed E-state index contributed by atoms with van der Waals surface area (Å²) in [5, 5.41) is 7.94. The highest BCUT2D eigenvalue weighted by Gasteiger charge is 2.62. The minimum Gasteiger partial charge on any atom is -0.471 e. The molecule has 2 aliphatic heterocycles. The Labute approximate surface area is 313 Å². The van der Waals surface area contributed by atoms with Gasteiger partial charge in [-0.25, -0.2) is 23.0 Å². The molecule has 5 N–H and O–H groups in total. The van der Waals surface area contributed by atoms with Crippen LogP contribution in [0.3, 0.4) is 0 Å². The molecule has 1 aromatic carbocycles. The third kappa shape index (κ3) is 8.23. The molecule has 0 spiro atoms. The molecule has 1 saturated carbocycles. The van der Waals surface area contributed by atoms with Gasteiger partial charge in [-0.1, -0.05) is 49.3 Å². The molecular weight excluding hydrogens is 764 g/mol. The number of amides is 3. The van der Waals surface area contributed by atoms with Crippen molar-refractivity contribution in [2.45, 2.75) is 72.9 Å². The minimum atomic E-state index is -5.01. The van der Waals surface area contributed by atoms with Crippen molar-refractivity contribution in [3.8, 4) is 16.5 Å². The third-order valence-corrected chi connectivity index (χ3v) is 13.8. The van der Waals surface area contributed by atoms with Crippen molar-refractivity contribution < 1.29 is 41.9 Å². The van der Waals surface area contributed by atoms with Gasteiger partial charge in [0, 0.05) is 12.3 Å². The van der Waals surface area contributed by atoms with Gasteiger partial charge in [0.15, 0.2) is 0 Å². The summed E-state index contributed by atoms with van der Waals surface area (Å²) < 4.78 is 47.7. The topological polar surface area (TPSA) is 217 Å². The van der Waals surface area contributed by atoms with Crippen LogP contribution in [0.2, 0.25) is 0 Å². The Hall–Kier alpha value is -4.03. The Kier molecular flexibility index (Phi) is 10.6. The minimum absolute atomic E-state index is 0.0389. The predicted octanol–water partition coefficient (Wildman–Crippen LogP) is 3.72. The van der Waals surface area contributed by atoms with Gasteiger partial charge in [-0.2, -0.15) is 4.72 Å². The molecule has 5 heterocycles. The fourth-order valence-electron chi connectivity index (χ4n) is 6.83. The monoisotopic (exact) mass is 800 g/mol.